The molecule has 30 heavy (non-hydrogen) atoms. The quantitative estimate of drug-likeness (QED) is 0.705. The molecule has 2 amide bonds. The molecular formula is C21H24N6O3. The third-order valence-electron chi connectivity index (χ3n) is 5.07. The largest absolute Gasteiger partial charge is 0.465 e. The van der Waals surface area contributed by atoms with Crippen molar-refractivity contribution < 1.29 is 14.7 Å². The molecule has 0 radical (unpaired) electrons. The van der Waals surface area contributed by atoms with Crippen molar-refractivity contribution in [2.45, 2.75) is 0 Å². The minimum Gasteiger partial charge on any atom is -0.465 e. The van der Waals surface area contributed by atoms with Gasteiger partial charge < -0.3 is 15.7 Å². The Morgan fingerprint density at radius 2 is 1.93 bits per heavy atom. The Morgan fingerprint density at radius 1 is 1.17 bits per heavy atom. The highest BCUT2D eigenvalue weighted by atomic mass is 16.4. The highest BCUT2D eigenvalue weighted by Gasteiger charge is 2.20. The van der Waals surface area contributed by atoms with E-state index in [1.54, 1.807) is 6.07 Å². The predicted molar refractivity (Wildman–Crippen MR) is 112 cm³/mol. The number of aromatic nitrogens is 1. The topological polar surface area (TPSA) is 127 Å². The molecule has 9 heteroatoms. The highest BCUT2D eigenvalue weighted by Crippen LogP contribution is 2.22. The number of carboxylic acid groups (broad SMARTS) is 1. The van der Waals surface area contributed by atoms with Gasteiger partial charge in [0.05, 0.1) is 11.6 Å². The molecule has 1 aliphatic rings. The SMILES string of the molecule is N#Cc1cccc(-c2ccc(N3CCN(CCN(CC(N)=O)C(=O)O)CC3)nc2)c1. The van der Waals surface area contributed by atoms with Gasteiger partial charge >= 0.3 is 6.09 Å². The van der Waals surface area contributed by atoms with Crippen molar-refractivity contribution in [2.75, 3.05) is 50.7 Å². The molecule has 3 N–H and O–H groups in total. The summed E-state index contributed by atoms with van der Waals surface area (Å²) in [5.74, 6) is 0.229. The van der Waals surface area contributed by atoms with Crippen LogP contribution in [0.25, 0.3) is 11.1 Å². The third kappa shape index (κ3) is 5.46. The van der Waals surface area contributed by atoms with E-state index in [1.165, 1.54) is 0 Å². The first-order chi connectivity index (χ1) is 14.5. The van der Waals surface area contributed by atoms with E-state index < -0.39 is 12.0 Å². The molecule has 1 aromatic heterocycles. The van der Waals surface area contributed by atoms with E-state index in [1.807, 2.05) is 36.5 Å². The number of rotatable bonds is 7. The van der Waals surface area contributed by atoms with Crippen LogP contribution in [0.1, 0.15) is 5.56 Å². The number of hydrogen-bond donors (Lipinski definition) is 2. The van der Waals surface area contributed by atoms with E-state index in [0.29, 0.717) is 12.1 Å². The van der Waals surface area contributed by atoms with E-state index in [-0.39, 0.29) is 13.1 Å². The first-order valence-electron chi connectivity index (χ1n) is 9.66. The number of anilines is 1. The summed E-state index contributed by atoms with van der Waals surface area (Å²) < 4.78 is 0. The average molecular weight is 408 g/mol. The smallest absolute Gasteiger partial charge is 0.407 e. The van der Waals surface area contributed by atoms with Crippen LogP contribution in [-0.4, -0.2) is 77.7 Å². The lowest BCUT2D eigenvalue weighted by atomic mass is 10.1. The van der Waals surface area contributed by atoms with E-state index in [4.69, 9.17) is 16.1 Å². The minimum atomic E-state index is -1.14. The summed E-state index contributed by atoms with van der Waals surface area (Å²) in [7, 11) is 0. The molecule has 0 unspecified atom stereocenters. The highest BCUT2D eigenvalue weighted by molar-refractivity contribution is 5.80. The van der Waals surface area contributed by atoms with Gasteiger partial charge in [-0.15, -0.1) is 0 Å². The van der Waals surface area contributed by atoms with Crippen molar-refractivity contribution in [3.8, 4) is 17.2 Å². The van der Waals surface area contributed by atoms with Gasteiger partial charge in [0.2, 0.25) is 5.91 Å². The number of piperazine rings is 1. The van der Waals surface area contributed by atoms with Gasteiger partial charge in [0.15, 0.2) is 0 Å². The fraction of sp³-hybridized carbons (Fsp3) is 0.333. The summed E-state index contributed by atoms with van der Waals surface area (Å²) in [5, 5.41) is 18.2. The monoisotopic (exact) mass is 408 g/mol. The number of nitrogens with zero attached hydrogens (tertiary/aromatic N) is 5. The van der Waals surface area contributed by atoms with Gasteiger partial charge in [-0.25, -0.2) is 9.78 Å². The number of nitriles is 1. The zero-order valence-corrected chi connectivity index (χ0v) is 16.6. The molecule has 2 aromatic rings. The van der Waals surface area contributed by atoms with Crippen molar-refractivity contribution in [3.05, 3.63) is 48.2 Å². The molecule has 2 heterocycles. The van der Waals surface area contributed by atoms with E-state index in [2.05, 4.69) is 20.9 Å². The molecule has 0 atom stereocenters. The maximum atomic E-state index is 11.2. The van der Waals surface area contributed by atoms with Crippen LogP contribution in [-0.2, 0) is 4.79 Å². The van der Waals surface area contributed by atoms with Gasteiger partial charge in [-0.05, 0) is 29.8 Å². The summed E-state index contributed by atoms with van der Waals surface area (Å²) in [6, 6.07) is 13.5. The molecule has 3 rings (SSSR count). The van der Waals surface area contributed by atoms with Crippen LogP contribution in [0, 0.1) is 11.3 Å². The molecule has 0 aliphatic carbocycles. The van der Waals surface area contributed by atoms with Crippen LogP contribution in [0.15, 0.2) is 42.6 Å². The summed E-state index contributed by atoms with van der Waals surface area (Å²) >= 11 is 0. The van der Waals surface area contributed by atoms with Crippen molar-refractivity contribution >= 4 is 17.8 Å². The molecule has 1 aliphatic heterocycles. The second-order valence-corrected chi connectivity index (χ2v) is 7.10. The third-order valence-corrected chi connectivity index (χ3v) is 5.07. The van der Waals surface area contributed by atoms with Gasteiger partial charge in [-0.3, -0.25) is 14.6 Å². The lowest BCUT2D eigenvalue weighted by Gasteiger charge is -2.36. The number of carbonyl (C=O) groups is 2. The van der Waals surface area contributed by atoms with E-state index >= 15 is 0 Å². The summed E-state index contributed by atoms with van der Waals surface area (Å²) in [6.45, 7) is 3.61. The van der Waals surface area contributed by atoms with Crippen LogP contribution in [0.4, 0.5) is 10.6 Å². The van der Waals surface area contributed by atoms with Gasteiger partial charge in [0, 0.05) is 51.0 Å². The Hall–Kier alpha value is -3.64. The second-order valence-electron chi connectivity index (χ2n) is 7.10. The van der Waals surface area contributed by atoms with E-state index in [9.17, 15) is 9.59 Å². The van der Waals surface area contributed by atoms with Gasteiger partial charge in [-0.1, -0.05) is 12.1 Å². The van der Waals surface area contributed by atoms with Crippen molar-refractivity contribution in [1.82, 2.24) is 14.8 Å². The molecule has 1 aromatic carbocycles. The van der Waals surface area contributed by atoms with Crippen LogP contribution >= 0.6 is 0 Å². The number of amides is 2. The number of nitrogens with two attached hydrogens (primary N) is 1. The average Bonchev–Trinajstić information content (AvgIpc) is 2.77. The predicted octanol–water partition coefficient (Wildman–Crippen LogP) is 1.21. The summed E-state index contributed by atoms with van der Waals surface area (Å²) in [4.78, 5) is 32.1. The maximum absolute atomic E-state index is 11.2. The number of pyridine rings is 1. The first-order valence-corrected chi connectivity index (χ1v) is 9.66. The molecule has 9 nitrogen and oxygen atoms in total. The Bertz CT molecular complexity index is 933. The zero-order chi connectivity index (χ0) is 21.5. The Balaban J connectivity index is 1.53. The van der Waals surface area contributed by atoms with Crippen LogP contribution in [0.5, 0.6) is 0 Å². The first kappa shape index (κ1) is 21.1. The number of hydrogen-bond acceptors (Lipinski definition) is 6. The van der Waals surface area contributed by atoms with E-state index in [0.717, 1.165) is 48.0 Å². The molecule has 1 fully saturated rings. The number of benzene rings is 1. The van der Waals surface area contributed by atoms with Crippen molar-refractivity contribution in [1.29, 1.82) is 5.26 Å². The zero-order valence-electron chi connectivity index (χ0n) is 16.6. The molecule has 0 spiro atoms. The molecular weight excluding hydrogens is 384 g/mol. The summed E-state index contributed by atoms with van der Waals surface area (Å²) in [6.07, 6.45) is 0.671. The molecule has 0 bridgehead atoms. The van der Waals surface area contributed by atoms with Crippen molar-refractivity contribution in [3.63, 3.8) is 0 Å². The normalized spacial score (nSPS) is 14.2. The fourth-order valence-electron chi connectivity index (χ4n) is 3.41. The van der Waals surface area contributed by atoms with Gasteiger partial charge in [0.1, 0.15) is 12.4 Å². The second kappa shape index (κ2) is 9.71. The van der Waals surface area contributed by atoms with Crippen molar-refractivity contribution in [2.24, 2.45) is 5.73 Å². The standard InChI is InChI=1S/C21H24N6O3/c22-13-16-2-1-3-17(12-16)18-4-5-20(24-14-18)26-9-6-25(7-10-26)8-11-27(21(29)30)15-19(23)28/h1-5,12,14H,6-11,15H2,(H2,23,28)(H,29,30). The Morgan fingerprint density at radius 3 is 2.53 bits per heavy atom. The maximum Gasteiger partial charge on any atom is 0.407 e. The van der Waals surface area contributed by atoms with Gasteiger partial charge in [0.25, 0.3) is 0 Å². The summed E-state index contributed by atoms with van der Waals surface area (Å²) in [5.41, 5.74) is 7.63. The number of carbonyl (C=O) groups excluding carboxylic acids is 1. The van der Waals surface area contributed by atoms with Crippen LogP contribution in [0.2, 0.25) is 0 Å². The number of primary amides is 1. The Kier molecular flexibility index (Phi) is 6.83. The lowest BCUT2D eigenvalue weighted by molar-refractivity contribution is -0.118. The molecule has 1 saturated heterocycles. The minimum absolute atomic E-state index is 0.243. The lowest BCUT2D eigenvalue weighted by Crippen LogP contribution is -2.49. The fourth-order valence-corrected chi connectivity index (χ4v) is 3.41. The molecule has 156 valence electrons. The van der Waals surface area contributed by atoms with Gasteiger partial charge in [-0.2, -0.15) is 5.26 Å². The Labute approximate surface area is 174 Å². The van der Waals surface area contributed by atoms with Crippen LogP contribution in [0.3, 0.4) is 0 Å². The van der Waals surface area contributed by atoms with Crippen LogP contribution < -0.4 is 10.6 Å². The molecule has 0 saturated carbocycles.